The predicted molar refractivity (Wildman–Crippen MR) is 96.6 cm³/mol. The average molecular weight is 390 g/mol. The van der Waals surface area contributed by atoms with Gasteiger partial charge in [-0.2, -0.15) is 4.31 Å². The molecule has 142 valence electrons. The molecule has 2 heterocycles. The zero-order valence-electron chi connectivity index (χ0n) is 14.7. The number of sulfonamides is 1. The Morgan fingerprint density at radius 2 is 2.04 bits per heavy atom. The fourth-order valence-corrected chi connectivity index (χ4v) is 5.47. The lowest BCUT2D eigenvalue weighted by molar-refractivity contribution is 0.0938. The molecule has 1 saturated heterocycles. The molecule has 1 amide bonds. The highest BCUT2D eigenvalue weighted by Gasteiger charge is 2.44. The molecular formula is C19H19FN2O4S. The SMILES string of the molecule is Cc1cc(F)cc(C(=O)N[C@H]2C[C@H]3COc4ccccc4S(=O)(=O)N3C2)c1. The van der Waals surface area contributed by atoms with Crippen molar-refractivity contribution in [3.05, 3.63) is 59.4 Å². The van der Waals surface area contributed by atoms with Crippen molar-refractivity contribution in [2.45, 2.75) is 30.3 Å². The van der Waals surface area contributed by atoms with Gasteiger partial charge in [-0.3, -0.25) is 4.79 Å². The van der Waals surface area contributed by atoms with Crippen molar-refractivity contribution in [3.63, 3.8) is 0 Å². The molecule has 8 heteroatoms. The van der Waals surface area contributed by atoms with Crippen LogP contribution in [0.3, 0.4) is 0 Å². The van der Waals surface area contributed by atoms with Crippen LogP contribution in [0.25, 0.3) is 0 Å². The number of hydrogen-bond acceptors (Lipinski definition) is 4. The highest BCUT2D eigenvalue weighted by molar-refractivity contribution is 7.89. The standard InChI is InChI=1S/C19H19FN2O4S/c1-12-6-13(8-14(20)7-12)19(23)21-15-9-16-11-26-17-4-2-3-5-18(17)27(24,25)22(16)10-15/h2-8,15-16H,9-11H2,1H3,(H,21,23)/t15-,16-/m0/s1. The Morgan fingerprint density at radius 3 is 2.81 bits per heavy atom. The van der Waals surface area contributed by atoms with E-state index in [0.717, 1.165) is 0 Å². The van der Waals surface area contributed by atoms with Crippen LogP contribution in [0.15, 0.2) is 47.4 Å². The van der Waals surface area contributed by atoms with Crippen molar-refractivity contribution in [1.82, 2.24) is 9.62 Å². The quantitative estimate of drug-likeness (QED) is 0.852. The van der Waals surface area contributed by atoms with Crippen molar-refractivity contribution in [2.75, 3.05) is 13.2 Å². The molecule has 2 atom stereocenters. The first-order chi connectivity index (χ1) is 12.8. The largest absolute Gasteiger partial charge is 0.490 e. The Morgan fingerprint density at radius 1 is 1.26 bits per heavy atom. The summed E-state index contributed by atoms with van der Waals surface area (Å²) in [6.45, 7) is 2.09. The molecule has 27 heavy (non-hydrogen) atoms. The third-order valence-corrected chi connectivity index (χ3v) is 6.83. The molecule has 1 N–H and O–H groups in total. The molecule has 1 fully saturated rings. The molecule has 0 aromatic heterocycles. The van der Waals surface area contributed by atoms with Gasteiger partial charge in [0, 0.05) is 18.2 Å². The van der Waals surface area contributed by atoms with Gasteiger partial charge in [0.05, 0.1) is 6.04 Å². The molecule has 6 nitrogen and oxygen atoms in total. The van der Waals surface area contributed by atoms with Gasteiger partial charge in [-0.25, -0.2) is 12.8 Å². The molecule has 2 aromatic rings. The summed E-state index contributed by atoms with van der Waals surface area (Å²) in [6, 6.07) is 9.94. The molecule has 0 aliphatic carbocycles. The number of carbonyl (C=O) groups excluding carboxylic acids is 1. The summed E-state index contributed by atoms with van der Waals surface area (Å²) in [6.07, 6.45) is 0.438. The topological polar surface area (TPSA) is 75.7 Å². The Hall–Kier alpha value is -2.45. The first-order valence-corrected chi connectivity index (χ1v) is 10.1. The number of nitrogens with one attached hydrogen (secondary N) is 1. The maximum Gasteiger partial charge on any atom is 0.251 e. The summed E-state index contributed by atoms with van der Waals surface area (Å²) in [7, 11) is -3.71. The Bertz CT molecular complexity index is 988. The average Bonchev–Trinajstić information content (AvgIpc) is 2.99. The molecule has 2 aliphatic heterocycles. The van der Waals surface area contributed by atoms with Crippen LogP contribution in [-0.4, -0.2) is 43.9 Å². The van der Waals surface area contributed by atoms with Gasteiger partial charge >= 0.3 is 0 Å². The minimum atomic E-state index is -3.71. The van der Waals surface area contributed by atoms with Crippen molar-refractivity contribution in [1.29, 1.82) is 0 Å². The summed E-state index contributed by atoms with van der Waals surface area (Å²) in [5, 5.41) is 2.82. The van der Waals surface area contributed by atoms with Crippen molar-refractivity contribution in [3.8, 4) is 5.75 Å². The number of fused-ring (bicyclic) bond motifs is 2. The third-order valence-electron chi connectivity index (χ3n) is 4.87. The summed E-state index contributed by atoms with van der Waals surface area (Å²) >= 11 is 0. The van der Waals surface area contributed by atoms with Crippen molar-refractivity contribution >= 4 is 15.9 Å². The maximum absolute atomic E-state index is 13.5. The van der Waals surface area contributed by atoms with Crippen LogP contribution >= 0.6 is 0 Å². The van der Waals surface area contributed by atoms with E-state index in [0.29, 0.717) is 17.7 Å². The molecule has 0 bridgehead atoms. The lowest BCUT2D eigenvalue weighted by Crippen LogP contribution is -2.39. The number of carbonyl (C=O) groups is 1. The smallest absolute Gasteiger partial charge is 0.251 e. The molecule has 0 radical (unpaired) electrons. The Labute approximate surface area is 157 Å². The van der Waals surface area contributed by atoms with Gasteiger partial charge in [0.1, 0.15) is 23.1 Å². The van der Waals surface area contributed by atoms with Crippen molar-refractivity contribution < 1.29 is 22.3 Å². The summed E-state index contributed by atoms with van der Waals surface area (Å²) in [5.41, 5.74) is 0.868. The summed E-state index contributed by atoms with van der Waals surface area (Å²) in [5.74, 6) is -0.547. The number of benzene rings is 2. The minimum absolute atomic E-state index is 0.139. The fourth-order valence-electron chi connectivity index (χ4n) is 3.67. The van der Waals surface area contributed by atoms with E-state index in [1.165, 1.54) is 22.5 Å². The number of para-hydroxylation sites is 1. The lowest BCUT2D eigenvalue weighted by atomic mass is 10.1. The first kappa shape index (κ1) is 17.9. The molecule has 2 aromatic carbocycles. The molecule has 2 aliphatic rings. The monoisotopic (exact) mass is 390 g/mol. The zero-order chi connectivity index (χ0) is 19.2. The molecule has 0 saturated carbocycles. The maximum atomic E-state index is 13.5. The third kappa shape index (κ3) is 3.30. The van der Waals surface area contributed by atoms with Gasteiger partial charge in [0.25, 0.3) is 5.91 Å². The van der Waals surface area contributed by atoms with E-state index in [1.807, 2.05) is 0 Å². The van der Waals surface area contributed by atoms with Crippen LogP contribution in [0.4, 0.5) is 4.39 Å². The second kappa shape index (κ2) is 6.61. The minimum Gasteiger partial charge on any atom is -0.490 e. The van der Waals surface area contributed by atoms with E-state index in [9.17, 15) is 17.6 Å². The van der Waals surface area contributed by atoms with Crippen LogP contribution in [0.2, 0.25) is 0 Å². The molecule has 0 unspecified atom stereocenters. The van der Waals surface area contributed by atoms with Gasteiger partial charge in [-0.1, -0.05) is 12.1 Å². The Balaban J connectivity index is 1.54. The number of rotatable bonds is 2. The number of amides is 1. The lowest BCUT2D eigenvalue weighted by Gasteiger charge is -2.19. The van der Waals surface area contributed by atoms with Gasteiger partial charge < -0.3 is 10.1 Å². The van der Waals surface area contributed by atoms with E-state index >= 15 is 0 Å². The predicted octanol–water partition coefficient (Wildman–Crippen LogP) is 2.09. The molecule has 4 rings (SSSR count). The first-order valence-electron chi connectivity index (χ1n) is 8.66. The highest BCUT2D eigenvalue weighted by Crippen LogP contribution is 2.35. The summed E-state index contributed by atoms with van der Waals surface area (Å²) < 4.78 is 46.6. The zero-order valence-corrected chi connectivity index (χ0v) is 15.5. The van der Waals surface area contributed by atoms with E-state index < -0.39 is 21.7 Å². The van der Waals surface area contributed by atoms with Gasteiger partial charge in [0.2, 0.25) is 10.0 Å². The van der Waals surface area contributed by atoms with Crippen LogP contribution in [-0.2, 0) is 10.0 Å². The second-order valence-corrected chi connectivity index (χ2v) is 8.77. The Kier molecular flexibility index (Phi) is 4.39. The number of nitrogens with zero attached hydrogens (tertiary/aromatic N) is 1. The highest BCUT2D eigenvalue weighted by atomic mass is 32.2. The summed E-state index contributed by atoms with van der Waals surface area (Å²) in [4.78, 5) is 12.6. The van der Waals surface area contributed by atoms with E-state index in [2.05, 4.69) is 5.32 Å². The van der Waals surface area contributed by atoms with E-state index in [-0.39, 0.29) is 35.7 Å². The van der Waals surface area contributed by atoms with E-state index in [4.69, 9.17) is 4.74 Å². The van der Waals surface area contributed by atoms with Gasteiger partial charge in [-0.05, 0) is 49.2 Å². The second-order valence-electron chi connectivity index (χ2n) is 6.91. The number of ether oxygens (including phenoxy) is 1. The normalized spacial score (nSPS) is 23.6. The van der Waals surface area contributed by atoms with Crippen LogP contribution in [0, 0.1) is 12.7 Å². The van der Waals surface area contributed by atoms with Crippen LogP contribution < -0.4 is 10.1 Å². The van der Waals surface area contributed by atoms with Gasteiger partial charge in [-0.15, -0.1) is 0 Å². The number of hydrogen-bond donors (Lipinski definition) is 1. The number of halogens is 1. The molecule has 0 spiro atoms. The van der Waals surface area contributed by atoms with E-state index in [1.54, 1.807) is 31.2 Å². The van der Waals surface area contributed by atoms with Crippen molar-refractivity contribution in [2.24, 2.45) is 0 Å². The number of aryl methyl sites for hydroxylation is 1. The van der Waals surface area contributed by atoms with Crippen LogP contribution in [0.5, 0.6) is 5.75 Å². The molecular weight excluding hydrogens is 371 g/mol. The van der Waals surface area contributed by atoms with Crippen LogP contribution in [0.1, 0.15) is 22.3 Å². The fraction of sp³-hybridized carbons (Fsp3) is 0.316. The van der Waals surface area contributed by atoms with Gasteiger partial charge in [0.15, 0.2) is 0 Å².